The number of rotatable bonds is 14. The molecule has 3 fully saturated rings. The van der Waals surface area contributed by atoms with Gasteiger partial charge in [-0.2, -0.15) is 0 Å². The van der Waals surface area contributed by atoms with Crippen molar-refractivity contribution in [1.29, 1.82) is 0 Å². The van der Waals surface area contributed by atoms with Crippen LogP contribution in [-0.2, 0) is 18.9 Å². The van der Waals surface area contributed by atoms with Gasteiger partial charge in [-0.15, -0.1) is 0 Å². The summed E-state index contributed by atoms with van der Waals surface area (Å²) in [5.41, 5.74) is 23.8. The monoisotopic (exact) mass is 598 g/mol. The van der Waals surface area contributed by atoms with Crippen LogP contribution in [0.1, 0.15) is 19.3 Å². The summed E-state index contributed by atoms with van der Waals surface area (Å²) in [5.74, 6) is 0. The minimum Gasteiger partial charge on any atom is -0.395 e. The number of ether oxygens (including phenoxy) is 4. The van der Waals surface area contributed by atoms with Gasteiger partial charge in [0.1, 0.15) is 36.6 Å². The Bertz CT molecular complexity index is 759. The first-order chi connectivity index (χ1) is 19.6. The van der Waals surface area contributed by atoms with Crippen molar-refractivity contribution in [2.45, 2.75) is 111 Å². The molecule has 3 rings (SSSR count). The summed E-state index contributed by atoms with van der Waals surface area (Å²) < 4.78 is 23.9. The van der Waals surface area contributed by atoms with Crippen LogP contribution in [0, 0.1) is 0 Å². The largest absolute Gasteiger partial charge is 0.395 e. The third-order valence-corrected chi connectivity index (χ3v) is 8.03. The third kappa shape index (κ3) is 8.70. The van der Waals surface area contributed by atoms with E-state index in [4.69, 9.17) is 41.9 Å². The molecule has 242 valence electrons. The second kappa shape index (κ2) is 16.4. The van der Waals surface area contributed by atoms with Crippen LogP contribution >= 0.6 is 0 Å². The van der Waals surface area contributed by atoms with Gasteiger partial charge in [-0.05, 0) is 19.3 Å². The molecule has 0 aromatic carbocycles. The van der Waals surface area contributed by atoms with E-state index in [0.29, 0.717) is 12.8 Å². The van der Waals surface area contributed by atoms with E-state index < -0.39 is 99.3 Å². The summed E-state index contributed by atoms with van der Waals surface area (Å²) in [5, 5.41) is 77.5. The predicted molar refractivity (Wildman–Crippen MR) is 143 cm³/mol. The van der Waals surface area contributed by atoms with Crippen LogP contribution in [0.3, 0.4) is 0 Å². The molecule has 17 heteroatoms. The highest BCUT2D eigenvalue weighted by molar-refractivity contribution is 5.02. The van der Waals surface area contributed by atoms with Crippen molar-refractivity contribution in [1.82, 2.24) is 10.6 Å². The first-order valence-electron chi connectivity index (χ1n) is 14.2. The fraction of sp³-hybridized carbons (Fsp3) is 1.00. The number of nitrogens with two attached hydrogens (primary N) is 4. The Kier molecular flexibility index (Phi) is 13.9. The van der Waals surface area contributed by atoms with Crippen molar-refractivity contribution in [3.63, 3.8) is 0 Å². The van der Waals surface area contributed by atoms with Crippen LogP contribution in [0.2, 0.25) is 0 Å². The standard InChI is InChI=1S/C24H50N6O11/c25-4-11(34)6-29-14-2-1-12(5-26)38-23(14)40-21-13(27)3-15(30-10(7-31)8-32)22(20(21)37)41-24-19(36)17(28)18(35)16(9-33)39-24/h10-24,29-37H,1-9,25-28H2/t11?,12-,13-,14+,15+,16+,17-,18+,19+,20-,21+,22-,23+,24+/m0/s1. The number of aliphatic hydroxyl groups excluding tert-OH is 7. The molecule has 17 nitrogen and oxygen atoms in total. The molecule has 3 aliphatic rings. The molecule has 0 bridgehead atoms. The quantitative estimate of drug-likeness (QED) is 0.0883. The van der Waals surface area contributed by atoms with E-state index in [9.17, 15) is 35.7 Å². The van der Waals surface area contributed by atoms with Gasteiger partial charge in [0, 0.05) is 31.7 Å². The SMILES string of the molecule is NCC(O)CN[C@@H]1CC[C@@H](CN)O[C@@H]1O[C@H]1[C@H](O)[C@@H](O[C@H]2O[C@H](CO)[C@@H](O)[C@H](N)[C@H]2O)[C@H](NC(CO)CO)C[C@@H]1N. The average Bonchev–Trinajstić information content (AvgIpc) is 2.98. The molecule has 2 heterocycles. The average molecular weight is 599 g/mol. The second-order valence-electron chi connectivity index (χ2n) is 11.1. The van der Waals surface area contributed by atoms with Gasteiger partial charge in [0.05, 0.1) is 50.2 Å². The van der Waals surface area contributed by atoms with Crippen molar-refractivity contribution >= 4 is 0 Å². The van der Waals surface area contributed by atoms with Crippen LogP contribution < -0.4 is 33.6 Å². The molecule has 0 radical (unpaired) electrons. The first kappa shape index (κ1) is 34.8. The van der Waals surface area contributed by atoms with Crippen LogP contribution in [0.4, 0.5) is 0 Å². The molecule has 0 aromatic rings. The lowest BCUT2D eigenvalue weighted by Crippen LogP contribution is -2.69. The zero-order chi connectivity index (χ0) is 30.3. The van der Waals surface area contributed by atoms with Crippen molar-refractivity contribution in [3.05, 3.63) is 0 Å². The lowest BCUT2D eigenvalue weighted by atomic mass is 9.83. The van der Waals surface area contributed by atoms with E-state index in [2.05, 4.69) is 10.6 Å². The molecule has 1 aliphatic carbocycles. The Balaban J connectivity index is 1.82. The Morgan fingerprint density at radius 2 is 1.54 bits per heavy atom. The molecule has 1 unspecified atom stereocenters. The van der Waals surface area contributed by atoms with Crippen molar-refractivity contribution in [2.24, 2.45) is 22.9 Å². The first-order valence-corrected chi connectivity index (χ1v) is 14.2. The fourth-order valence-electron chi connectivity index (χ4n) is 5.49. The van der Waals surface area contributed by atoms with Crippen LogP contribution in [0.25, 0.3) is 0 Å². The molecule has 17 N–H and O–H groups in total. The van der Waals surface area contributed by atoms with Gasteiger partial charge in [-0.1, -0.05) is 0 Å². The third-order valence-electron chi connectivity index (χ3n) is 8.03. The number of hydrogen-bond acceptors (Lipinski definition) is 17. The fourth-order valence-corrected chi connectivity index (χ4v) is 5.49. The highest BCUT2D eigenvalue weighted by Gasteiger charge is 2.51. The van der Waals surface area contributed by atoms with Crippen molar-refractivity contribution in [3.8, 4) is 0 Å². The minimum atomic E-state index is -1.52. The highest BCUT2D eigenvalue weighted by Crippen LogP contribution is 2.32. The van der Waals surface area contributed by atoms with E-state index in [1.807, 2.05) is 0 Å². The zero-order valence-corrected chi connectivity index (χ0v) is 23.1. The molecule has 14 atom stereocenters. The van der Waals surface area contributed by atoms with Crippen molar-refractivity contribution in [2.75, 3.05) is 39.5 Å². The highest BCUT2D eigenvalue weighted by atomic mass is 16.7. The predicted octanol–water partition coefficient (Wildman–Crippen LogP) is -7.33. The smallest absolute Gasteiger partial charge is 0.186 e. The molecular formula is C24H50N6O11. The van der Waals surface area contributed by atoms with Gasteiger partial charge in [0.2, 0.25) is 0 Å². The number of aliphatic hydroxyl groups is 7. The van der Waals surface area contributed by atoms with Gasteiger partial charge in [0.15, 0.2) is 12.6 Å². The lowest BCUT2D eigenvalue weighted by Gasteiger charge is -2.49. The van der Waals surface area contributed by atoms with Gasteiger partial charge in [0.25, 0.3) is 0 Å². The van der Waals surface area contributed by atoms with Gasteiger partial charge < -0.3 is 88.3 Å². The summed E-state index contributed by atoms with van der Waals surface area (Å²) in [6.07, 6.45) is -9.77. The van der Waals surface area contributed by atoms with Gasteiger partial charge in [-0.25, -0.2) is 0 Å². The molecule has 0 aromatic heterocycles. The summed E-state index contributed by atoms with van der Waals surface area (Å²) >= 11 is 0. The zero-order valence-electron chi connectivity index (χ0n) is 23.1. The van der Waals surface area contributed by atoms with Crippen molar-refractivity contribution < 1.29 is 54.7 Å². The minimum absolute atomic E-state index is 0.0622. The molecule has 1 saturated carbocycles. The van der Waals surface area contributed by atoms with Crippen LogP contribution in [-0.4, -0.2) is 167 Å². The molecule has 0 spiro atoms. The van der Waals surface area contributed by atoms with Crippen LogP contribution in [0.15, 0.2) is 0 Å². The summed E-state index contributed by atoms with van der Waals surface area (Å²) in [6, 6.07) is -3.90. The van der Waals surface area contributed by atoms with E-state index in [1.165, 1.54) is 0 Å². The van der Waals surface area contributed by atoms with E-state index in [0.717, 1.165) is 0 Å². The maximum Gasteiger partial charge on any atom is 0.186 e. The molecular weight excluding hydrogens is 548 g/mol. The van der Waals surface area contributed by atoms with Gasteiger partial charge in [-0.3, -0.25) is 0 Å². The number of hydrogen-bond donors (Lipinski definition) is 13. The Morgan fingerprint density at radius 3 is 2.15 bits per heavy atom. The summed E-state index contributed by atoms with van der Waals surface area (Å²) in [6.45, 7) is -0.947. The Morgan fingerprint density at radius 1 is 0.854 bits per heavy atom. The maximum atomic E-state index is 11.6. The summed E-state index contributed by atoms with van der Waals surface area (Å²) in [4.78, 5) is 0. The van der Waals surface area contributed by atoms with Gasteiger partial charge >= 0.3 is 0 Å². The maximum absolute atomic E-state index is 11.6. The van der Waals surface area contributed by atoms with Crippen LogP contribution in [0.5, 0.6) is 0 Å². The molecule has 2 aliphatic heterocycles. The molecule has 0 amide bonds. The second-order valence-corrected chi connectivity index (χ2v) is 11.1. The Labute approximate surface area is 239 Å². The Hall–Kier alpha value is -0.680. The molecule has 2 saturated heterocycles. The van der Waals surface area contributed by atoms with E-state index >= 15 is 0 Å². The number of nitrogens with one attached hydrogen (secondary N) is 2. The summed E-state index contributed by atoms with van der Waals surface area (Å²) in [7, 11) is 0. The van der Waals surface area contributed by atoms with E-state index in [-0.39, 0.29) is 38.2 Å². The normalized spacial score (nSPS) is 42.9. The van der Waals surface area contributed by atoms with E-state index in [1.54, 1.807) is 0 Å². The molecule has 41 heavy (non-hydrogen) atoms. The lowest BCUT2D eigenvalue weighted by molar-refractivity contribution is -0.315. The topological polar surface area (TPSA) is 307 Å².